The van der Waals surface area contributed by atoms with Gasteiger partial charge in [0, 0.05) is 6.04 Å². The van der Waals surface area contributed by atoms with Crippen molar-refractivity contribution in [2.75, 3.05) is 0 Å². The largest absolute Gasteiger partial charge is 0.480 e. The highest BCUT2D eigenvalue weighted by Gasteiger charge is 2.26. The average molecular weight is 227 g/mol. The zero-order valence-corrected chi connectivity index (χ0v) is 10.5. The Balaban J connectivity index is 2.48. The molecule has 3 nitrogen and oxygen atoms in total. The third-order valence-electron chi connectivity index (χ3n) is 3.78. The van der Waals surface area contributed by atoms with Gasteiger partial charge in [-0.1, -0.05) is 33.1 Å². The number of rotatable bonds is 6. The van der Waals surface area contributed by atoms with Crippen LogP contribution in [0.3, 0.4) is 0 Å². The van der Waals surface area contributed by atoms with Crippen LogP contribution in [0.4, 0.5) is 0 Å². The van der Waals surface area contributed by atoms with Gasteiger partial charge in [-0.3, -0.25) is 4.79 Å². The zero-order valence-electron chi connectivity index (χ0n) is 10.5. The Labute approximate surface area is 98.6 Å². The molecule has 0 saturated heterocycles. The van der Waals surface area contributed by atoms with Gasteiger partial charge in [-0.05, 0) is 31.6 Å². The summed E-state index contributed by atoms with van der Waals surface area (Å²) in [6.07, 6.45) is 8.21. The predicted octanol–water partition coefficient (Wildman–Crippen LogP) is 2.80. The molecule has 1 aliphatic rings. The van der Waals surface area contributed by atoms with Crippen molar-refractivity contribution in [2.45, 2.75) is 70.9 Å². The molecule has 0 spiro atoms. The van der Waals surface area contributed by atoms with Crippen LogP contribution in [0.25, 0.3) is 0 Å². The Morgan fingerprint density at radius 2 is 1.88 bits per heavy atom. The van der Waals surface area contributed by atoms with E-state index in [-0.39, 0.29) is 6.04 Å². The highest BCUT2D eigenvalue weighted by Crippen LogP contribution is 2.28. The first kappa shape index (κ1) is 13.5. The van der Waals surface area contributed by atoms with Gasteiger partial charge in [0.2, 0.25) is 0 Å². The van der Waals surface area contributed by atoms with Crippen molar-refractivity contribution >= 4 is 5.97 Å². The maximum atomic E-state index is 11.0. The monoisotopic (exact) mass is 227 g/mol. The van der Waals surface area contributed by atoms with Gasteiger partial charge < -0.3 is 10.4 Å². The lowest BCUT2D eigenvalue weighted by molar-refractivity contribution is -0.139. The van der Waals surface area contributed by atoms with Crippen LogP contribution in [0.5, 0.6) is 0 Å². The first-order valence-electron chi connectivity index (χ1n) is 6.67. The SMILES string of the molecule is CCC(NC(CC)C1CCCCC1)C(=O)O. The molecule has 0 aromatic rings. The van der Waals surface area contributed by atoms with Gasteiger partial charge in [-0.15, -0.1) is 0 Å². The van der Waals surface area contributed by atoms with Crippen molar-refractivity contribution in [2.24, 2.45) is 5.92 Å². The topological polar surface area (TPSA) is 49.3 Å². The molecular formula is C13H25NO2. The number of carboxylic acid groups (broad SMARTS) is 1. The summed E-state index contributed by atoms with van der Waals surface area (Å²) in [4.78, 5) is 11.0. The van der Waals surface area contributed by atoms with Gasteiger partial charge in [0.25, 0.3) is 0 Å². The van der Waals surface area contributed by atoms with E-state index in [2.05, 4.69) is 12.2 Å². The summed E-state index contributed by atoms with van der Waals surface area (Å²) in [5.74, 6) is -0.0242. The van der Waals surface area contributed by atoms with Gasteiger partial charge in [0.1, 0.15) is 6.04 Å². The molecule has 0 heterocycles. The molecule has 1 rings (SSSR count). The van der Waals surface area contributed by atoms with Crippen molar-refractivity contribution in [1.29, 1.82) is 0 Å². The fourth-order valence-electron chi connectivity index (χ4n) is 2.75. The van der Waals surface area contributed by atoms with E-state index in [1.165, 1.54) is 32.1 Å². The lowest BCUT2D eigenvalue weighted by Crippen LogP contribution is -2.46. The number of hydrogen-bond acceptors (Lipinski definition) is 2. The summed E-state index contributed by atoms with van der Waals surface area (Å²) in [7, 11) is 0. The summed E-state index contributed by atoms with van der Waals surface area (Å²) in [6, 6.07) is 0.0215. The summed E-state index contributed by atoms with van der Waals surface area (Å²) in [5.41, 5.74) is 0. The number of nitrogens with one attached hydrogen (secondary N) is 1. The zero-order chi connectivity index (χ0) is 12.0. The minimum absolute atomic E-state index is 0.369. The Bertz CT molecular complexity index is 212. The molecule has 1 saturated carbocycles. The number of carboxylic acids is 1. The van der Waals surface area contributed by atoms with E-state index in [0.29, 0.717) is 18.4 Å². The van der Waals surface area contributed by atoms with Crippen molar-refractivity contribution in [3.63, 3.8) is 0 Å². The van der Waals surface area contributed by atoms with Crippen LogP contribution in [-0.2, 0) is 4.79 Å². The van der Waals surface area contributed by atoms with Gasteiger partial charge in [-0.25, -0.2) is 0 Å². The molecule has 2 N–H and O–H groups in total. The number of hydrogen-bond donors (Lipinski definition) is 2. The van der Waals surface area contributed by atoms with Crippen LogP contribution >= 0.6 is 0 Å². The quantitative estimate of drug-likeness (QED) is 0.733. The molecule has 0 aromatic carbocycles. The fraction of sp³-hybridized carbons (Fsp3) is 0.923. The summed E-state index contributed by atoms with van der Waals surface area (Å²) >= 11 is 0. The average Bonchev–Trinajstić information content (AvgIpc) is 2.31. The Morgan fingerprint density at radius 1 is 1.25 bits per heavy atom. The first-order valence-corrected chi connectivity index (χ1v) is 6.67. The van der Waals surface area contributed by atoms with Crippen LogP contribution < -0.4 is 5.32 Å². The molecule has 0 radical (unpaired) electrons. The van der Waals surface area contributed by atoms with E-state index in [0.717, 1.165) is 6.42 Å². The van der Waals surface area contributed by atoms with Crippen molar-refractivity contribution in [3.05, 3.63) is 0 Å². The molecule has 3 heteroatoms. The summed E-state index contributed by atoms with van der Waals surface area (Å²) in [6.45, 7) is 4.08. The standard InChI is InChI=1S/C13H25NO2/c1-3-11(10-8-6-5-7-9-10)14-12(4-2)13(15)16/h10-12,14H,3-9H2,1-2H3,(H,15,16). The lowest BCUT2D eigenvalue weighted by atomic mass is 9.82. The molecule has 2 unspecified atom stereocenters. The molecular weight excluding hydrogens is 202 g/mol. The number of carbonyl (C=O) groups is 1. The van der Waals surface area contributed by atoms with Crippen LogP contribution in [0.1, 0.15) is 58.8 Å². The molecule has 0 bridgehead atoms. The van der Waals surface area contributed by atoms with Crippen LogP contribution in [0, 0.1) is 5.92 Å². The molecule has 1 aliphatic carbocycles. The smallest absolute Gasteiger partial charge is 0.320 e. The minimum Gasteiger partial charge on any atom is -0.480 e. The Kier molecular flexibility index (Phi) is 5.81. The fourth-order valence-corrected chi connectivity index (χ4v) is 2.75. The van der Waals surface area contributed by atoms with Crippen LogP contribution in [0.15, 0.2) is 0 Å². The van der Waals surface area contributed by atoms with Gasteiger partial charge in [0.05, 0.1) is 0 Å². The van der Waals surface area contributed by atoms with E-state index in [1.807, 2.05) is 6.92 Å². The normalized spacial score (nSPS) is 21.6. The maximum absolute atomic E-state index is 11.0. The molecule has 1 fully saturated rings. The Hall–Kier alpha value is -0.570. The molecule has 2 atom stereocenters. The third-order valence-corrected chi connectivity index (χ3v) is 3.78. The third kappa shape index (κ3) is 3.78. The maximum Gasteiger partial charge on any atom is 0.320 e. The molecule has 0 aliphatic heterocycles. The highest BCUT2D eigenvalue weighted by atomic mass is 16.4. The van der Waals surface area contributed by atoms with Crippen molar-refractivity contribution in [1.82, 2.24) is 5.32 Å². The molecule has 0 amide bonds. The Morgan fingerprint density at radius 3 is 2.31 bits per heavy atom. The lowest BCUT2D eigenvalue weighted by Gasteiger charge is -2.32. The predicted molar refractivity (Wildman–Crippen MR) is 65.5 cm³/mol. The first-order chi connectivity index (χ1) is 7.69. The van der Waals surface area contributed by atoms with Gasteiger partial charge in [-0.2, -0.15) is 0 Å². The van der Waals surface area contributed by atoms with Crippen LogP contribution in [-0.4, -0.2) is 23.2 Å². The van der Waals surface area contributed by atoms with Crippen LogP contribution in [0.2, 0.25) is 0 Å². The second-order valence-corrected chi connectivity index (χ2v) is 4.88. The van der Waals surface area contributed by atoms with Crippen molar-refractivity contribution in [3.8, 4) is 0 Å². The van der Waals surface area contributed by atoms with E-state index < -0.39 is 5.97 Å². The summed E-state index contributed by atoms with van der Waals surface area (Å²) in [5, 5.41) is 12.4. The van der Waals surface area contributed by atoms with E-state index >= 15 is 0 Å². The molecule has 94 valence electrons. The molecule has 0 aromatic heterocycles. The number of aliphatic carboxylic acids is 1. The highest BCUT2D eigenvalue weighted by molar-refractivity contribution is 5.73. The second kappa shape index (κ2) is 6.89. The van der Waals surface area contributed by atoms with E-state index in [9.17, 15) is 4.79 Å². The van der Waals surface area contributed by atoms with E-state index in [4.69, 9.17) is 5.11 Å². The minimum atomic E-state index is -0.711. The summed E-state index contributed by atoms with van der Waals surface area (Å²) < 4.78 is 0. The van der Waals surface area contributed by atoms with Gasteiger partial charge in [0.15, 0.2) is 0 Å². The van der Waals surface area contributed by atoms with Crippen molar-refractivity contribution < 1.29 is 9.90 Å². The van der Waals surface area contributed by atoms with Gasteiger partial charge >= 0.3 is 5.97 Å². The van der Waals surface area contributed by atoms with E-state index in [1.54, 1.807) is 0 Å². The second-order valence-electron chi connectivity index (χ2n) is 4.88. The molecule has 16 heavy (non-hydrogen) atoms.